The number of benzene rings is 2. The van der Waals surface area contributed by atoms with Gasteiger partial charge in [-0.2, -0.15) is 5.10 Å². The molecule has 2 amide bonds. The van der Waals surface area contributed by atoms with Crippen LogP contribution in [0.5, 0.6) is 0 Å². The molecule has 0 aliphatic heterocycles. The average Bonchev–Trinajstić information content (AvgIpc) is 2.65. The monoisotopic (exact) mass is 356 g/mol. The van der Waals surface area contributed by atoms with Crippen LogP contribution >= 0.6 is 0 Å². The Kier molecular flexibility index (Phi) is 6.84. The molecule has 7 heteroatoms. The molecule has 0 spiro atoms. The van der Waals surface area contributed by atoms with Crippen LogP contribution in [0.25, 0.3) is 0 Å². The van der Waals surface area contributed by atoms with Crippen LogP contribution in [0.4, 0.5) is 15.8 Å². The third-order valence-corrected chi connectivity index (χ3v) is 3.71. The minimum atomic E-state index is -0.912. The lowest BCUT2D eigenvalue weighted by Gasteiger charge is -2.20. The van der Waals surface area contributed by atoms with E-state index in [2.05, 4.69) is 34.6 Å². The lowest BCUT2D eigenvalue weighted by atomic mass is 10.2. The molecule has 26 heavy (non-hydrogen) atoms. The zero-order chi connectivity index (χ0) is 18.9. The lowest BCUT2D eigenvalue weighted by Crippen LogP contribution is -2.32. The Morgan fingerprint density at radius 1 is 1.00 bits per heavy atom. The molecule has 0 bridgehead atoms. The van der Waals surface area contributed by atoms with Crippen LogP contribution in [0.15, 0.2) is 53.6 Å². The predicted molar refractivity (Wildman–Crippen MR) is 101 cm³/mol. The third-order valence-electron chi connectivity index (χ3n) is 3.71. The lowest BCUT2D eigenvalue weighted by molar-refractivity contribution is -0.136. The molecule has 0 saturated heterocycles. The van der Waals surface area contributed by atoms with Crippen LogP contribution in [-0.2, 0) is 9.59 Å². The zero-order valence-corrected chi connectivity index (χ0v) is 14.7. The number of nitrogens with zero attached hydrogens (tertiary/aromatic N) is 2. The summed E-state index contributed by atoms with van der Waals surface area (Å²) in [4.78, 5) is 25.6. The highest BCUT2D eigenvalue weighted by Gasteiger charge is 2.12. The van der Waals surface area contributed by atoms with Gasteiger partial charge in [0.2, 0.25) is 0 Å². The molecule has 2 N–H and O–H groups in total. The van der Waals surface area contributed by atoms with Gasteiger partial charge in [-0.3, -0.25) is 9.59 Å². The number of nitrogens with one attached hydrogen (secondary N) is 2. The van der Waals surface area contributed by atoms with Crippen LogP contribution in [0.1, 0.15) is 19.4 Å². The van der Waals surface area contributed by atoms with Crippen LogP contribution in [0.2, 0.25) is 0 Å². The Labute approximate surface area is 151 Å². The van der Waals surface area contributed by atoms with E-state index in [0.29, 0.717) is 5.69 Å². The van der Waals surface area contributed by atoms with E-state index in [9.17, 15) is 14.0 Å². The number of carbonyl (C=O) groups excluding carboxylic acids is 2. The molecule has 0 aliphatic carbocycles. The fraction of sp³-hybridized carbons (Fsp3) is 0.211. The summed E-state index contributed by atoms with van der Waals surface area (Å²) in [6, 6.07) is 12.8. The number of hydrogen-bond acceptors (Lipinski definition) is 4. The number of hydrazone groups is 1. The highest BCUT2D eigenvalue weighted by atomic mass is 19.1. The Morgan fingerprint density at radius 3 is 2.19 bits per heavy atom. The molecule has 0 aliphatic rings. The standard InChI is InChI=1S/C19H21FN4O2/c1-3-24(4-2)17-11-5-14(6-12-17)13-21-23-19(26)18(25)22-16-9-7-15(20)8-10-16/h5-13H,3-4H2,1-2H3,(H,22,25)(H,23,26)/b21-13-. The van der Waals surface area contributed by atoms with Gasteiger partial charge in [-0.25, -0.2) is 9.82 Å². The van der Waals surface area contributed by atoms with Crippen LogP contribution in [-0.4, -0.2) is 31.1 Å². The predicted octanol–water partition coefficient (Wildman–Crippen LogP) is 2.76. The van der Waals surface area contributed by atoms with Crippen molar-refractivity contribution in [2.45, 2.75) is 13.8 Å². The molecule has 0 saturated carbocycles. The molecule has 0 unspecified atom stereocenters. The summed E-state index contributed by atoms with van der Waals surface area (Å²) in [6.45, 7) is 6.02. The highest BCUT2D eigenvalue weighted by molar-refractivity contribution is 6.39. The minimum absolute atomic E-state index is 0.322. The number of anilines is 2. The molecule has 136 valence electrons. The smallest absolute Gasteiger partial charge is 0.329 e. The van der Waals surface area contributed by atoms with E-state index in [4.69, 9.17) is 0 Å². The van der Waals surface area contributed by atoms with Crippen LogP contribution in [0.3, 0.4) is 0 Å². The Hall–Kier alpha value is -3.22. The summed E-state index contributed by atoms with van der Waals surface area (Å²) in [5.74, 6) is -2.22. The zero-order valence-electron chi connectivity index (χ0n) is 14.7. The first-order valence-electron chi connectivity index (χ1n) is 8.28. The van der Waals surface area contributed by atoms with Gasteiger partial charge in [-0.15, -0.1) is 0 Å². The molecular formula is C19H21FN4O2. The maximum atomic E-state index is 12.8. The van der Waals surface area contributed by atoms with Crippen molar-refractivity contribution in [3.8, 4) is 0 Å². The molecule has 0 radical (unpaired) electrons. The van der Waals surface area contributed by atoms with Crippen molar-refractivity contribution in [3.05, 3.63) is 59.9 Å². The molecule has 0 aromatic heterocycles. The number of carbonyl (C=O) groups is 2. The van der Waals surface area contributed by atoms with Crippen LogP contribution in [0, 0.1) is 5.82 Å². The van der Waals surface area contributed by atoms with Gasteiger partial charge in [0.25, 0.3) is 0 Å². The Bertz CT molecular complexity index is 769. The van der Waals surface area contributed by atoms with Crippen molar-refractivity contribution < 1.29 is 14.0 Å². The van der Waals surface area contributed by atoms with Gasteiger partial charge in [0.15, 0.2) is 0 Å². The summed E-state index contributed by atoms with van der Waals surface area (Å²) in [5, 5.41) is 6.13. The van der Waals surface area contributed by atoms with Crippen molar-refractivity contribution in [1.29, 1.82) is 0 Å². The van der Waals surface area contributed by atoms with Crippen molar-refractivity contribution >= 4 is 29.4 Å². The second-order valence-electron chi connectivity index (χ2n) is 5.42. The van der Waals surface area contributed by atoms with Crippen molar-refractivity contribution in [3.63, 3.8) is 0 Å². The molecule has 2 aromatic carbocycles. The normalized spacial score (nSPS) is 10.6. The molecule has 0 heterocycles. The third kappa shape index (κ3) is 5.41. The van der Waals surface area contributed by atoms with Gasteiger partial charge in [0.1, 0.15) is 5.82 Å². The molecular weight excluding hydrogens is 335 g/mol. The Morgan fingerprint density at radius 2 is 1.62 bits per heavy atom. The molecule has 0 fully saturated rings. The van der Waals surface area contributed by atoms with E-state index >= 15 is 0 Å². The van der Waals surface area contributed by atoms with Crippen molar-refractivity contribution in [2.75, 3.05) is 23.3 Å². The van der Waals surface area contributed by atoms with E-state index in [1.165, 1.54) is 30.5 Å². The summed E-state index contributed by atoms with van der Waals surface area (Å²) in [7, 11) is 0. The van der Waals surface area contributed by atoms with E-state index in [1.54, 1.807) is 0 Å². The van der Waals surface area contributed by atoms with Gasteiger partial charge < -0.3 is 10.2 Å². The van der Waals surface area contributed by atoms with E-state index in [1.807, 2.05) is 24.3 Å². The van der Waals surface area contributed by atoms with Crippen molar-refractivity contribution in [2.24, 2.45) is 5.10 Å². The SMILES string of the molecule is CCN(CC)c1ccc(/C=N\NC(=O)C(=O)Nc2ccc(F)cc2)cc1. The summed E-state index contributed by atoms with van der Waals surface area (Å²) >= 11 is 0. The second kappa shape index (κ2) is 9.31. The Balaban J connectivity index is 1.87. The van der Waals surface area contributed by atoms with E-state index in [0.717, 1.165) is 24.3 Å². The maximum Gasteiger partial charge on any atom is 0.329 e. The maximum absolute atomic E-state index is 12.8. The fourth-order valence-electron chi connectivity index (χ4n) is 2.30. The number of rotatable bonds is 6. The summed E-state index contributed by atoms with van der Waals surface area (Å²) in [5.41, 5.74) is 4.38. The van der Waals surface area contributed by atoms with E-state index < -0.39 is 17.6 Å². The largest absolute Gasteiger partial charge is 0.372 e. The van der Waals surface area contributed by atoms with E-state index in [-0.39, 0.29) is 0 Å². The molecule has 0 atom stereocenters. The average molecular weight is 356 g/mol. The van der Waals surface area contributed by atoms with Crippen LogP contribution < -0.4 is 15.6 Å². The molecule has 2 aromatic rings. The highest BCUT2D eigenvalue weighted by Crippen LogP contribution is 2.14. The fourth-order valence-corrected chi connectivity index (χ4v) is 2.30. The number of amides is 2. The first kappa shape index (κ1) is 19.1. The van der Waals surface area contributed by atoms with Gasteiger partial charge >= 0.3 is 11.8 Å². The second-order valence-corrected chi connectivity index (χ2v) is 5.42. The molecule has 2 rings (SSSR count). The molecule has 6 nitrogen and oxygen atoms in total. The summed E-state index contributed by atoms with van der Waals surface area (Å²) < 4.78 is 12.8. The number of hydrogen-bond donors (Lipinski definition) is 2. The van der Waals surface area contributed by atoms with Gasteiger partial charge in [0.05, 0.1) is 6.21 Å². The number of halogens is 1. The van der Waals surface area contributed by atoms with Gasteiger partial charge in [-0.1, -0.05) is 12.1 Å². The minimum Gasteiger partial charge on any atom is -0.372 e. The van der Waals surface area contributed by atoms with Gasteiger partial charge in [-0.05, 0) is 55.8 Å². The summed E-state index contributed by atoms with van der Waals surface area (Å²) in [6.07, 6.45) is 1.45. The van der Waals surface area contributed by atoms with Gasteiger partial charge in [0, 0.05) is 24.5 Å². The topological polar surface area (TPSA) is 73.8 Å². The first-order valence-corrected chi connectivity index (χ1v) is 8.28. The van der Waals surface area contributed by atoms with Crippen molar-refractivity contribution in [1.82, 2.24) is 5.43 Å². The quantitative estimate of drug-likeness (QED) is 0.475. The first-order chi connectivity index (χ1) is 12.5.